The number of rotatable bonds is 6. The molecule has 2 aromatic rings. The molecule has 0 amide bonds. The van der Waals surface area contributed by atoms with Crippen LogP contribution in [0, 0.1) is 5.92 Å². The Hall–Kier alpha value is -1.43. The number of thiazole rings is 1. The predicted molar refractivity (Wildman–Crippen MR) is 98.4 cm³/mol. The standard InChI is InChI=1S/C19H26N2O2S/c1-21(17-7-3-14(12-22)4-8-17)11-16-13-24-19(20-16)15-5-9-18(23-2)10-6-15/h5-6,9-10,13-14,17,22H,3-4,7-8,11-12H2,1-2H3. The number of nitrogens with zero attached hydrogens (tertiary/aromatic N) is 2. The van der Waals surface area contributed by atoms with Gasteiger partial charge in [0.15, 0.2) is 0 Å². The third kappa shape index (κ3) is 4.15. The lowest BCUT2D eigenvalue weighted by molar-refractivity contribution is 0.123. The van der Waals surface area contributed by atoms with Gasteiger partial charge in [-0.1, -0.05) is 0 Å². The zero-order valence-corrected chi connectivity index (χ0v) is 15.3. The number of methoxy groups -OCH3 is 1. The summed E-state index contributed by atoms with van der Waals surface area (Å²) in [5.74, 6) is 1.38. The first-order valence-electron chi connectivity index (χ1n) is 8.59. The van der Waals surface area contributed by atoms with Crippen LogP contribution in [0.2, 0.25) is 0 Å². The molecule has 0 unspecified atom stereocenters. The Morgan fingerprint density at radius 2 is 1.92 bits per heavy atom. The van der Waals surface area contributed by atoms with Crippen molar-refractivity contribution in [1.29, 1.82) is 0 Å². The van der Waals surface area contributed by atoms with E-state index in [2.05, 4.69) is 29.5 Å². The molecule has 0 aliphatic heterocycles. The van der Waals surface area contributed by atoms with E-state index in [1.165, 1.54) is 12.8 Å². The lowest BCUT2D eigenvalue weighted by Gasteiger charge is -2.33. The summed E-state index contributed by atoms with van der Waals surface area (Å²) >= 11 is 1.70. The Bertz CT molecular complexity index is 633. The molecule has 1 aliphatic rings. The molecule has 0 saturated heterocycles. The molecule has 1 saturated carbocycles. The van der Waals surface area contributed by atoms with Crippen molar-refractivity contribution >= 4 is 11.3 Å². The van der Waals surface area contributed by atoms with Crippen LogP contribution in [0.25, 0.3) is 10.6 Å². The average Bonchev–Trinajstić information content (AvgIpc) is 3.10. The van der Waals surface area contributed by atoms with Gasteiger partial charge in [0.1, 0.15) is 10.8 Å². The molecule has 5 heteroatoms. The van der Waals surface area contributed by atoms with Crippen molar-refractivity contribution in [2.24, 2.45) is 5.92 Å². The molecule has 0 bridgehead atoms. The van der Waals surface area contributed by atoms with Gasteiger partial charge in [-0.05, 0) is 62.9 Å². The van der Waals surface area contributed by atoms with E-state index in [1.807, 2.05) is 12.1 Å². The summed E-state index contributed by atoms with van der Waals surface area (Å²) in [5, 5.41) is 12.5. The number of benzene rings is 1. The highest BCUT2D eigenvalue weighted by atomic mass is 32.1. The molecule has 0 spiro atoms. The average molecular weight is 346 g/mol. The fourth-order valence-corrected chi connectivity index (χ4v) is 4.22. The summed E-state index contributed by atoms with van der Waals surface area (Å²) in [5.41, 5.74) is 2.27. The van der Waals surface area contributed by atoms with Crippen molar-refractivity contribution in [3.05, 3.63) is 35.3 Å². The van der Waals surface area contributed by atoms with E-state index in [0.717, 1.165) is 41.4 Å². The van der Waals surface area contributed by atoms with Crippen LogP contribution in [0.15, 0.2) is 29.6 Å². The van der Waals surface area contributed by atoms with Gasteiger partial charge in [-0.15, -0.1) is 11.3 Å². The Kier molecular flexibility index (Phi) is 5.87. The van der Waals surface area contributed by atoms with E-state index in [0.29, 0.717) is 18.6 Å². The summed E-state index contributed by atoms with van der Waals surface area (Å²) in [7, 11) is 3.87. The van der Waals surface area contributed by atoms with E-state index in [-0.39, 0.29) is 0 Å². The van der Waals surface area contributed by atoms with Crippen LogP contribution in [-0.4, -0.2) is 41.8 Å². The van der Waals surface area contributed by atoms with Gasteiger partial charge in [0.25, 0.3) is 0 Å². The lowest BCUT2D eigenvalue weighted by Crippen LogP contribution is -2.35. The van der Waals surface area contributed by atoms with Gasteiger partial charge in [0, 0.05) is 30.1 Å². The smallest absolute Gasteiger partial charge is 0.123 e. The summed E-state index contributed by atoms with van der Waals surface area (Å²) in [4.78, 5) is 7.22. The van der Waals surface area contributed by atoms with Crippen LogP contribution in [0.5, 0.6) is 5.75 Å². The van der Waals surface area contributed by atoms with Gasteiger partial charge in [-0.2, -0.15) is 0 Å². The van der Waals surface area contributed by atoms with Crippen LogP contribution in [-0.2, 0) is 6.54 Å². The minimum absolute atomic E-state index is 0.341. The molecule has 0 atom stereocenters. The number of aromatic nitrogens is 1. The fourth-order valence-electron chi connectivity index (χ4n) is 3.40. The van der Waals surface area contributed by atoms with Gasteiger partial charge in [0.2, 0.25) is 0 Å². The first kappa shape index (κ1) is 17.4. The third-order valence-corrected chi connectivity index (χ3v) is 5.94. The van der Waals surface area contributed by atoms with E-state index in [1.54, 1.807) is 18.4 Å². The van der Waals surface area contributed by atoms with Crippen molar-refractivity contribution in [1.82, 2.24) is 9.88 Å². The second-order valence-electron chi connectivity index (χ2n) is 6.64. The Morgan fingerprint density at radius 3 is 2.54 bits per heavy atom. The van der Waals surface area contributed by atoms with Crippen molar-refractivity contribution in [2.75, 3.05) is 20.8 Å². The first-order chi connectivity index (χ1) is 11.7. The minimum Gasteiger partial charge on any atom is -0.497 e. The molecule has 130 valence electrons. The second kappa shape index (κ2) is 8.10. The van der Waals surface area contributed by atoms with Crippen molar-refractivity contribution < 1.29 is 9.84 Å². The normalized spacial score (nSPS) is 21.2. The molecule has 1 aromatic carbocycles. The predicted octanol–water partition coefficient (Wildman–Crippen LogP) is 3.80. The molecular weight excluding hydrogens is 320 g/mol. The summed E-state index contributed by atoms with van der Waals surface area (Å²) in [6.07, 6.45) is 4.63. The molecule has 1 N–H and O–H groups in total. The minimum atomic E-state index is 0.341. The lowest BCUT2D eigenvalue weighted by atomic mass is 9.86. The maximum absolute atomic E-state index is 9.26. The SMILES string of the molecule is COc1ccc(-c2nc(CN(C)C3CCC(CO)CC3)cs2)cc1. The van der Waals surface area contributed by atoms with E-state index in [4.69, 9.17) is 9.72 Å². The maximum Gasteiger partial charge on any atom is 0.123 e. The summed E-state index contributed by atoms with van der Waals surface area (Å²) in [6, 6.07) is 8.67. The van der Waals surface area contributed by atoms with Crippen LogP contribution >= 0.6 is 11.3 Å². The molecule has 1 aliphatic carbocycles. The Labute approximate surface area is 148 Å². The molecule has 3 rings (SSSR count). The first-order valence-corrected chi connectivity index (χ1v) is 9.47. The summed E-state index contributed by atoms with van der Waals surface area (Å²) < 4.78 is 5.21. The zero-order valence-electron chi connectivity index (χ0n) is 14.4. The third-order valence-electron chi connectivity index (χ3n) is 5.00. The number of ether oxygens (including phenoxy) is 1. The molecule has 24 heavy (non-hydrogen) atoms. The summed E-state index contributed by atoms with van der Waals surface area (Å²) in [6.45, 7) is 1.23. The Balaban J connectivity index is 1.59. The van der Waals surface area contributed by atoms with Gasteiger partial charge in [0.05, 0.1) is 12.8 Å². The molecular formula is C19H26N2O2S. The van der Waals surface area contributed by atoms with Gasteiger partial charge in [-0.25, -0.2) is 4.98 Å². The largest absolute Gasteiger partial charge is 0.497 e. The van der Waals surface area contributed by atoms with Gasteiger partial charge in [-0.3, -0.25) is 4.90 Å². The van der Waals surface area contributed by atoms with Crippen molar-refractivity contribution in [3.8, 4) is 16.3 Å². The zero-order chi connectivity index (χ0) is 16.9. The monoisotopic (exact) mass is 346 g/mol. The van der Waals surface area contributed by atoms with E-state index < -0.39 is 0 Å². The number of aliphatic hydroxyl groups excluding tert-OH is 1. The van der Waals surface area contributed by atoms with Crippen LogP contribution in [0.1, 0.15) is 31.4 Å². The molecule has 0 radical (unpaired) electrons. The van der Waals surface area contributed by atoms with E-state index in [9.17, 15) is 5.11 Å². The van der Waals surface area contributed by atoms with Crippen LogP contribution in [0.3, 0.4) is 0 Å². The number of hydrogen-bond acceptors (Lipinski definition) is 5. The number of aliphatic hydroxyl groups is 1. The van der Waals surface area contributed by atoms with Crippen LogP contribution < -0.4 is 4.74 Å². The van der Waals surface area contributed by atoms with Crippen molar-refractivity contribution in [2.45, 2.75) is 38.3 Å². The Morgan fingerprint density at radius 1 is 1.21 bits per heavy atom. The van der Waals surface area contributed by atoms with E-state index >= 15 is 0 Å². The molecule has 1 fully saturated rings. The maximum atomic E-state index is 9.26. The number of hydrogen-bond donors (Lipinski definition) is 1. The highest BCUT2D eigenvalue weighted by Gasteiger charge is 2.24. The van der Waals surface area contributed by atoms with Gasteiger partial charge >= 0.3 is 0 Å². The van der Waals surface area contributed by atoms with Gasteiger partial charge < -0.3 is 9.84 Å². The highest BCUT2D eigenvalue weighted by Crippen LogP contribution is 2.29. The van der Waals surface area contributed by atoms with Crippen molar-refractivity contribution in [3.63, 3.8) is 0 Å². The molecule has 1 heterocycles. The fraction of sp³-hybridized carbons (Fsp3) is 0.526. The molecule has 4 nitrogen and oxygen atoms in total. The molecule has 1 aromatic heterocycles. The second-order valence-corrected chi connectivity index (χ2v) is 7.50. The highest BCUT2D eigenvalue weighted by molar-refractivity contribution is 7.13. The van der Waals surface area contributed by atoms with Crippen LogP contribution in [0.4, 0.5) is 0 Å². The topological polar surface area (TPSA) is 45.6 Å². The quantitative estimate of drug-likeness (QED) is 0.864.